The molecule has 0 atom stereocenters. The molecule has 2 heterocycles. The van der Waals surface area contributed by atoms with Gasteiger partial charge >= 0.3 is 0 Å². The lowest BCUT2D eigenvalue weighted by Crippen LogP contribution is -2.48. The second-order valence-corrected chi connectivity index (χ2v) is 7.97. The van der Waals surface area contributed by atoms with Gasteiger partial charge in [0, 0.05) is 37.1 Å². The molecule has 30 heavy (non-hydrogen) atoms. The number of halogens is 2. The van der Waals surface area contributed by atoms with E-state index in [1.165, 1.54) is 11.0 Å². The Kier molecular flexibility index (Phi) is 6.06. The summed E-state index contributed by atoms with van der Waals surface area (Å²) in [7, 11) is 1.64. The van der Waals surface area contributed by atoms with Gasteiger partial charge in [-0.1, -0.05) is 18.2 Å². The summed E-state index contributed by atoms with van der Waals surface area (Å²) < 4.78 is 33.1. The zero-order chi connectivity index (χ0) is 21.1. The molecule has 1 aliphatic heterocycles. The van der Waals surface area contributed by atoms with Gasteiger partial charge in [0.05, 0.1) is 19.3 Å². The Morgan fingerprint density at radius 3 is 2.50 bits per heavy atom. The van der Waals surface area contributed by atoms with Gasteiger partial charge < -0.3 is 9.64 Å². The predicted octanol–water partition coefficient (Wildman–Crippen LogP) is 4.05. The Bertz CT molecular complexity index is 1030. The van der Waals surface area contributed by atoms with Gasteiger partial charge in [0.1, 0.15) is 28.0 Å². The number of benzene rings is 2. The van der Waals surface area contributed by atoms with Gasteiger partial charge in [-0.05, 0) is 24.3 Å². The van der Waals surface area contributed by atoms with Crippen LogP contribution in [0.2, 0.25) is 0 Å². The molecule has 3 aromatic rings. The summed E-state index contributed by atoms with van der Waals surface area (Å²) in [5, 5.41) is 3.00. The molecule has 1 aromatic heterocycles. The van der Waals surface area contributed by atoms with Gasteiger partial charge in [-0.15, -0.1) is 11.3 Å². The van der Waals surface area contributed by atoms with Crippen molar-refractivity contribution in [1.29, 1.82) is 0 Å². The van der Waals surface area contributed by atoms with E-state index in [-0.39, 0.29) is 0 Å². The third-order valence-electron chi connectivity index (χ3n) is 5.11. The van der Waals surface area contributed by atoms with Crippen molar-refractivity contribution in [3.8, 4) is 17.0 Å². The molecule has 1 amide bonds. The van der Waals surface area contributed by atoms with E-state index < -0.39 is 23.1 Å². The van der Waals surface area contributed by atoms with Crippen molar-refractivity contribution in [3.63, 3.8) is 0 Å². The van der Waals surface area contributed by atoms with Crippen LogP contribution in [0.4, 0.5) is 8.78 Å². The number of methoxy groups -OCH3 is 1. The number of piperazine rings is 1. The number of rotatable bonds is 5. The molecule has 0 saturated carbocycles. The Balaban J connectivity index is 1.36. The first-order chi connectivity index (χ1) is 14.5. The summed E-state index contributed by atoms with van der Waals surface area (Å²) in [4.78, 5) is 20.9. The Hall–Kier alpha value is -2.84. The third kappa shape index (κ3) is 4.34. The van der Waals surface area contributed by atoms with Gasteiger partial charge in [0.2, 0.25) is 0 Å². The minimum absolute atomic E-state index is 0.417. The molecule has 1 fully saturated rings. The first-order valence-electron chi connectivity index (χ1n) is 9.59. The number of aromatic nitrogens is 1. The zero-order valence-corrected chi connectivity index (χ0v) is 17.3. The standard InChI is InChI=1S/C22H21F2N3O2S/c1-29-16-5-2-4-15(12-16)19-14-30-20(25-19)13-26-8-10-27(11-9-26)22(28)21-17(23)6-3-7-18(21)24/h2-7,12,14H,8-11,13H2,1H3. The number of thiazole rings is 1. The number of ether oxygens (including phenoxy) is 1. The molecule has 0 aliphatic carbocycles. The quantitative estimate of drug-likeness (QED) is 0.614. The highest BCUT2D eigenvalue weighted by molar-refractivity contribution is 7.09. The summed E-state index contributed by atoms with van der Waals surface area (Å²) in [6, 6.07) is 11.2. The van der Waals surface area contributed by atoms with Crippen LogP contribution in [0.15, 0.2) is 47.8 Å². The van der Waals surface area contributed by atoms with Crippen LogP contribution in [0.1, 0.15) is 15.4 Å². The van der Waals surface area contributed by atoms with E-state index in [2.05, 4.69) is 4.90 Å². The van der Waals surface area contributed by atoms with Crippen molar-refractivity contribution >= 4 is 17.2 Å². The highest BCUT2D eigenvalue weighted by Crippen LogP contribution is 2.26. The molecule has 156 valence electrons. The highest BCUT2D eigenvalue weighted by atomic mass is 32.1. The van der Waals surface area contributed by atoms with Crippen LogP contribution in [0.25, 0.3) is 11.3 Å². The van der Waals surface area contributed by atoms with E-state index in [1.54, 1.807) is 18.4 Å². The summed E-state index contributed by atoms with van der Waals surface area (Å²) >= 11 is 1.59. The number of carbonyl (C=O) groups is 1. The maximum Gasteiger partial charge on any atom is 0.259 e. The Labute approximate surface area is 177 Å². The molecule has 0 bridgehead atoms. The maximum absolute atomic E-state index is 13.9. The fraction of sp³-hybridized carbons (Fsp3) is 0.273. The molecule has 0 spiro atoms. The lowest BCUT2D eigenvalue weighted by Gasteiger charge is -2.34. The number of hydrogen-bond acceptors (Lipinski definition) is 5. The first-order valence-corrected chi connectivity index (χ1v) is 10.5. The Morgan fingerprint density at radius 2 is 1.80 bits per heavy atom. The largest absolute Gasteiger partial charge is 0.497 e. The van der Waals surface area contributed by atoms with Gasteiger partial charge in [-0.2, -0.15) is 0 Å². The maximum atomic E-state index is 13.9. The van der Waals surface area contributed by atoms with E-state index >= 15 is 0 Å². The highest BCUT2D eigenvalue weighted by Gasteiger charge is 2.26. The molecular formula is C22H21F2N3O2S. The smallest absolute Gasteiger partial charge is 0.259 e. The summed E-state index contributed by atoms with van der Waals surface area (Å²) in [5.41, 5.74) is 1.42. The first kappa shape index (κ1) is 20.4. The fourth-order valence-electron chi connectivity index (χ4n) is 3.46. The van der Waals surface area contributed by atoms with Crippen LogP contribution in [0.5, 0.6) is 5.75 Å². The normalized spacial score (nSPS) is 14.7. The van der Waals surface area contributed by atoms with Crippen molar-refractivity contribution in [2.45, 2.75) is 6.54 Å². The number of carbonyl (C=O) groups excluding carboxylic acids is 1. The second kappa shape index (κ2) is 8.89. The summed E-state index contributed by atoms with van der Waals surface area (Å²) in [6.07, 6.45) is 0. The van der Waals surface area contributed by atoms with Crippen LogP contribution < -0.4 is 4.74 Å². The average Bonchev–Trinajstić information content (AvgIpc) is 3.22. The van der Waals surface area contributed by atoms with Crippen molar-refractivity contribution < 1.29 is 18.3 Å². The van der Waals surface area contributed by atoms with Gasteiger partial charge in [-0.25, -0.2) is 13.8 Å². The molecule has 0 N–H and O–H groups in total. The van der Waals surface area contributed by atoms with Crippen LogP contribution in [0, 0.1) is 11.6 Å². The Morgan fingerprint density at radius 1 is 1.10 bits per heavy atom. The second-order valence-electron chi connectivity index (χ2n) is 7.02. The third-order valence-corrected chi connectivity index (χ3v) is 5.95. The number of amides is 1. The van der Waals surface area contributed by atoms with Crippen molar-refractivity contribution in [3.05, 3.63) is 70.1 Å². The molecule has 5 nitrogen and oxygen atoms in total. The fourth-order valence-corrected chi connectivity index (χ4v) is 4.30. The lowest BCUT2D eigenvalue weighted by atomic mass is 10.1. The van der Waals surface area contributed by atoms with E-state index in [9.17, 15) is 13.6 Å². The molecule has 1 aliphatic rings. The van der Waals surface area contributed by atoms with E-state index in [4.69, 9.17) is 9.72 Å². The van der Waals surface area contributed by atoms with Crippen molar-refractivity contribution in [1.82, 2.24) is 14.8 Å². The molecule has 0 unspecified atom stereocenters. The van der Waals surface area contributed by atoms with Gasteiger partial charge in [0.15, 0.2) is 0 Å². The zero-order valence-electron chi connectivity index (χ0n) is 16.5. The van der Waals surface area contributed by atoms with Crippen molar-refractivity contribution in [2.75, 3.05) is 33.3 Å². The van der Waals surface area contributed by atoms with Crippen LogP contribution in [0.3, 0.4) is 0 Å². The monoisotopic (exact) mass is 429 g/mol. The van der Waals surface area contributed by atoms with Crippen LogP contribution >= 0.6 is 11.3 Å². The van der Waals surface area contributed by atoms with Crippen LogP contribution in [-0.4, -0.2) is 54.0 Å². The van der Waals surface area contributed by atoms with Crippen molar-refractivity contribution in [2.24, 2.45) is 0 Å². The molecular weight excluding hydrogens is 408 g/mol. The van der Waals surface area contributed by atoms with E-state index in [1.807, 2.05) is 29.6 Å². The van der Waals surface area contributed by atoms with E-state index in [0.717, 1.165) is 34.1 Å². The lowest BCUT2D eigenvalue weighted by molar-refractivity contribution is 0.0619. The topological polar surface area (TPSA) is 45.7 Å². The molecule has 1 saturated heterocycles. The average molecular weight is 429 g/mol. The van der Waals surface area contributed by atoms with E-state index in [0.29, 0.717) is 32.7 Å². The number of nitrogens with zero attached hydrogens (tertiary/aromatic N) is 3. The summed E-state index contributed by atoms with van der Waals surface area (Å²) in [5.74, 6) is -1.46. The molecule has 2 aromatic carbocycles. The molecule has 0 radical (unpaired) electrons. The van der Waals surface area contributed by atoms with Gasteiger partial charge in [0.25, 0.3) is 5.91 Å². The SMILES string of the molecule is COc1cccc(-c2csc(CN3CCN(C(=O)c4c(F)cccc4F)CC3)n2)c1. The van der Waals surface area contributed by atoms with Crippen LogP contribution in [-0.2, 0) is 6.54 Å². The van der Waals surface area contributed by atoms with Gasteiger partial charge in [-0.3, -0.25) is 9.69 Å². The molecule has 4 rings (SSSR count). The predicted molar refractivity (Wildman–Crippen MR) is 112 cm³/mol. The minimum Gasteiger partial charge on any atom is -0.497 e. The summed E-state index contributed by atoms with van der Waals surface area (Å²) in [6.45, 7) is 2.75. The molecule has 8 heteroatoms. The minimum atomic E-state index is -0.824. The number of hydrogen-bond donors (Lipinski definition) is 0.